The second-order valence-corrected chi connectivity index (χ2v) is 8.49. The van der Waals surface area contributed by atoms with Gasteiger partial charge in [0, 0.05) is 45.7 Å². The zero-order valence-corrected chi connectivity index (χ0v) is 19.1. The maximum Gasteiger partial charge on any atom is 0.161 e. The molecule has 2 heterocycles. The number of aliphatic hydroxyl groups excluding tert-OH is 1. The minimum atomic E-state index is -0.543. The summed E-state index contributed by atoms with van der Waals surface area (Å²) in [5.41, 5.74) is 3.74. The first-order chi connectivity index (χ1) is 15.6. The number of hydrogen-bond acceptors (Lipinski definition) is 6. The Kier molecular flexibility index (Phi) is 7.68. The average molecular weight is 439 g/mol. The zero-order chi connectivity index (χ0) is 22.3. The standard InChI is InChI=1S/C26H34N2O4/c1-3-4-20-5-8-25(26(16-20)30-2)32-19-23(29)18-28-12-10-27(11-13-28)17-21-6-7-24-22(15-21)9-14-31-24/h3-8,15-16,23,29H,9-14,17-19H2,1-2H3. The fraction of sp³-hybridized carbons (Fsp3) is 0.462. The molecule has 1 N–H and O–H groups in total. The number of aliphatic hydroxyl groups is 1. The van der Waals surface area contributed by atoms with Gasteiger partial charge in [-0.25, -0.2) is 0 Å². The number of piperazine rings is 1. The van der Waals surface area contributed by atoms with E-state index in [1.165, 1.54) is 11.1 Å². The van der Waals surface area contributed by atoms with Crippen LogP contribution in [0, 0.1) is 0 Å². The van der Waals surface area contributed by atoms with E-state index in [0.29, 0.717) is 18.0 Å². The van der Waals surface area contributed by atoms with Gasteiger partial charge in [0.1, 0.15) is 18.5 Å². The normalized spacial score (nSPS) is 17.8. The fourth-order valence-electron chi connectivity index (χ4n) is 4.36. The van der Waals surface area contributed by atoms with Crippen molar-refractivity contribution in [2.45, 2.75) is 26.0 Å². The highest BCUT2D eigenvalue weighted by Crippen LogP contribution is 2.29. The molecule has 1 fully saturated rings. The van der Waals surface area contributed by atoms with E-state index < -0.39 is 6.10 Å². The van der Waals surface area contributed by atoms with Crippen LogP contribution >= 0.6 is 0 Å². The monoisotopic (exact) mass is 438 g/mol. The highest BCUT2D eigenvalue weighted by molar-refractivity contribution is 5.55. The number of ether oxygens (including phenoxy) is 3. The van der Waals surface area contributed by atoms with Crippen molar-refractivity contribution in [3.63, 3.8) is 0 Å². The Morgan fingerprint density at radius 2 is 1.88 bits per heavy atom. The number of allylic oxidation sites excluding steroid dienone is 1. The second-order valence-electron chi connectivity index (χ2n) is 8.49. The third-order valence-electron chi connectivity index (χ3n) is 6.07. The Labute approximate surface area is 191 Å². The SMILES string of the molecule is CC=Cc1ccc(OCC(O)CN2CCN(Cc3ccc4c(c3)CCO4)CC2)c(OC)c1. The second kappa shape index (κ2) is 10.9. The van der Waals surface area contributed by atoms with E-state index in [-0.39, 0.29) is 6.61 Å². The molecular formula is C26H34N2O4. The summed E-state index contributed by atoms with van der Waals surface area (Å²) in [5.74, 6) is 2.38. The molecule has 2 aromatic rings. The van der Waals surface area contributed by atoms with Gasteiger partial charge >= 0.3 is 0 Å². The van der Waals surface area contributed by atoms with Crippen molar-refractivity contribution in [2.24, 2.45) is 0 Å². The molecule has 0 amide bonds. The highest BCUT2D eigenvalue weighted by Gasteiger charge is 2.21. The summed E-state index contributed by atoms with van der Waals surface area (Å²) in [6.45, 7) is 8.52. The van der Waals surface area contributed by atoms with E-state index in [2.05, 4.69) is 28.0 Å². The average Bonchev–Trinajstić information content (AvgIpc) is 3.27. The van der Waals surface area contributed by atoms with Gasteiger partial charge in [-0.1, -0.05) is 30.4 Å². The van der Waals surface area contributed by atoms with E-state index in [4.69, 9.17) is 14.2 Å². The molecule has 6 nitrogen and oxygen atoms in total. The van der Waals surface area contributed by atoms with Crippen LogP contribution in [-0.4, -0.2) is 74.1 Å². The van der Waals surface area contributed by atoms with Crippen molar-refractivity contribution in [3.8, 4) is 17.2 Å². The number of benzene rings is 2. The Hall–Kier alpha value is -2.54. The summed E-state index contributed by atoms with van der Waals surface area (Å²) < 4.78 is 16.9. The summed E-state index contributed by atoms with van der Waals surface area (Å²) in [6, 6.07) is 12.4. The topological polar surface area (TPSA) is 54.4 Å². The van der Waals surface area contributed by atoms with Crippen molar-refractivity contribution in [2.75, 3.05) is 53.0 Å². The highest BCUT2D eigenvalue weighted by atomic mass is 16.5. The third kappa shape index (κ3) is 5.82. The van der Waals surface area contributed by atoms with Gasteiger partial charge in [-0.15, -0.1) is 0 Å². The summed E-state index contributed by atoms with van der Waals surface area (Å²) >= 11 is 0. The maximum absolute atomic E-state index is 10.5. The molecule has 2 aliphatic heterocycles. The molecular weight excluding hydrogens is 404 g/mol. The molecule has 172 valence electrons. The summed E-state index contributed by atoms with van der Waals surface area (Å²) in [4.78, 5) is 4.79. The van der Waals surface area contributed by atoms with Crippen LogP contribution in [0.15, 0.2) is 42.5 Å². The number of hydrogen-bond donors (Lipinski definition) is 1. The Bertz CT molecular complexity index is 922. The summed E-state index contributed by atoms with van der Waals surface area (Å²) in [7, 11) is 1.63. The molecule has 2 aliphatic rings. The minimum absolute atomic E-state index is 0.247. The van der Waals surface area contributed by atoms with Gasteiger partial charge in [0.05, 0.1) is 13.7 Å². The number of fused-ring (bicyclic) bond motifs is 1. The van der Waals surface area contributed by atoms with Crippen molar-refractivity contribution >= 4 is 6.08 Å². The predicted octanol–water partition coefficient (Wildman–Crippen LogP) is 3.22. The Morgan fingerprint density at radius 1 is 1.06 bits per heavy atom. The van der Waals surface area contributed by atoms with E-state index in [9.17, 15) is 5.11 Å². The van der Waals surface area contributed by atoms with Gasteiger partial charge in [-0.3, -0.25) is 9.80 Å². The lowest BCUT2D eigenvalue weighted by molar-refractivity contribution is 0.0440. The fourth-order valence-corrected chi connectivity index (χ4v) is 4.36. The number of methoxy groups -OCH3 is 1. The molecule has 32 heavy (non-hydrogen) atoms. The van der Waals surface area contributed by atoms with Crippen LogP contribution in [-0.2, 0) is 13.0 Å². The molecule has 0 radical (unpaired) electrons. The predicted molar refractivity (Wildman–Crippen MR) is 127 cm³/mol. The maximum atomic E-state index is 10.5. The van der Waals surface area contributed by atoms with Crippen molar-refractivity contribution in [3.05, 3.63) is 59.2 Å². The number of nitrogens with zero attached hydrogens (tertiary/aromatic N) is 2. The molecule has 0 saturated carbocycles. The van der Waals surface area contributed by atoms with Crippen LogP contribution in [0.3, 0.4) is 0 Å². The van der Waals surface area contributed by atoms with E-state index in [1.807, 2.05) is 37.3 Å². The lowest BCUT2D eigenvalue weighted by atomic mass is 10.1. The lowest BCUT2D eigenvalue weighted by Gasteiger charge is -2.35. The van der Waals surface area contributed by atoms with Crippen molar-refractivity contribution < 1.29 is 19.3 Å². The van der Waals surface area contributed by atoms with Gasteiger partial charge in [0.25, 0.3) is 0 Å². The van der Waals surface area contributed by atoms with Crippen LogP contribution in [0.5, 0.6) is 17.2 Å². The molecule has 1 atom stereocenters. The van der Waals surface area contributed by atoms with Gasteiger partial charge in [0.15, 0.2) is 11.5 Å². The Balaban J connectivity index is 1.20. The summed E-state index contributed by atoms with van der Waals surface area (Å²) in [5, 5.41) is 10.5. The van der Waals surface area contributed by atoms with E-state index in [0.717, 1.165) is 57.1 Å². The molecule has 0 bridgehead atoms. The molecule has 6 heteroatoms. The Morgan fingerprint density at radius 3 is 2.66 bits per heavy atom. The quantitative estimate of drug-likeness (QED) is 0.649. The van der Waals surface area contributed by atoms with Crippen LogP contribution < -0.4 is 14.2 Å². The molecule has 1 unspecified atom stereocenters. The molecule has 4 rings (SSSR count). The molecule has 0 spiro atoms. The van der Waals surface area contributed by atoms with Gasteiger partial charge < -0.3 is 19.3 Å². The smallest absolute Gasteiger partial charge is 0.161 e. The van der Waals surface area contributed by atoms with Crippen LogP contribution in [0.25, 0.3) is 6.08 Å². The van der Waals surface area contributed by atoms with Gasteiger partial charge in [-0.05, 0) is 41.8 Å². The largest absolute Gasteiger partial charge is 0.493 e. The van der Waals surface area contributed by atoms with Gasteiger partial charge in [0.2, 0.25) is 0 Å². The molecule has 0 aliphatic carbocycles. The molecule has 2 aromatic carbocycles. The first kappa shape index (κ1) is 22.6. The zero-order valence-electron chi connectivity index (χ0n) is 19.1. The number of rotatable bonds is 9. The first-order valence-corrected chi connectivity index (χ1v) is 11.5. The van der Waals surface area contributed by atoms with Crippen LogP contribution in [0.2, 0.25) is 0 Å². The summed E-state index contributed by atoms with van der Waals surface area (Å²) in [6.07, 6.45) is 4.47. The van der Waals surface area contributed by atoms with E-state index >= 15 is 0 Å². The molecule has 0 aromatic heterocycles. The first-order valence-electron chi connectivity index (χ1n) is 11.5. The van der Waals surface area contributed by atoms with Crippen molar-refractivity contribution in [1.82, 2.24) is 9.80 Å². The minimum Gasteiger partial charge on any atom is -0.493 e. The van der Waals surface area contributed by atoms with Crippen LogP contribution in [0.1, 0.15) is 23.6 Å². The third-order valence-corrected chi connectivity index (χ3v) is 6.07. The lowest BCUT2D eigenvalue weighted by Crippen LogP contribution is -2.48. The molecule has 1 saturated heterocycles. The van der Waals surface area contributed by atoms with Crippen molar-refractivity contribution in [1.29, 1.82) is 0 Å². The van der Waals surface area contributed by atoms with Crippen LogP contribution in [0.4, 0.5) is 0 Å². The number of β-amino-alcohol motifs (C(OH)–C–C–N with tert-alkyl or cyclic N) is 1. The van der Waals surface area contributed by atoms with E-state index in [1.54, 1.807) is 7.11 Å². The van der Waals surface area contributed by atoms with Gasteiger partial charge in [-0.2, -0.15) is 0 Å².